The van der Waals surface area contributed by atoms with Gasteiger partial charge >= 0.3 is 0 Å². The summed E-state index contributed by atoms with van der Waals surface area (Å²) in [6.45, 7) is 6.30. The molecular weight excluding hydrogens is 682 g/mol. The largest absolute Gasteiger partial charge is 0.493 e. The maximum absolute atomic E-state index is 13.9. The van der Waals surface area contributed by atoms with E-state index in [1.807, 2.05) is 83.6 Å². The Morgan fingerprint density at radius 1 is 0.833 bits per heavy atom. The molecule has 2 N–H and O–H groups in total. The molecule has 10 nitrogen and oxygen atoms in total. The molecule has 2 saturated heterocycles. The van der Waals surface area contributed by atoms with Crippen LogP contribution in [0.2, 0.25) is 0 Å². The van der Waals surface area contributed by atoms with E-state index in [4.69, 9.17) is 29.4 Å². The predicted octanol–water partition coefficient (Wildman–Crippen LogP) is 7.04. The second-order valence-electron chi connectivity index (χ2n) is 13.9. The number of nitrogen functional groups attached to an aromatic ring is 1. The zero-order valence-electron chi connectivity index (χ0n) is 30.9. The van der Waals surface area contributed by atoms with E-state index in [2.05, 4.69) is 11.9 Å². The van der Waals surface area contributed by atoms with Crippen molar-refractivity contribution in [2.45, 2.75) is 45.3 Å². The minimum absolute atomic E-state index is 0.0902. The topological polar surface area (TPSA) is 124 Å². The highest BCUT2D eigenvalue weighted by atomic mass is 16.6. The van der Waals surface area contributed by atoms with Gasteiger partial charge in [-0.1, -0.05) is 61.5 Å². The predicted molar refractivity (Wildman–Crippen MR) is 209 cm³/mol. The van der Waals surface area contributed by atoms with Crippen molar-refractivity contribution in [1.29, 1.82) is 0 Å². The lowest BCUT2D eigenvalue weighted by atomic mass is 9.96. The lowest BCUT2D eigenvalue weighted by Crippen LogP contribution is -2.33. The van der Waals surface area contributed by atoms with E-state index in [0.29, 0.717) is 55.2 Å². The number of ether oxygens (including phenoxy) is 5. The molecule has 4 heterocycles. The molecule has 0 unspecified atom stereocenters. The molecule has 5 aromatic rings. The summed E-state index contributed by atoms with van der Waals surface area (Å²) in [4.78, 5) is 32.3. The third kappa shape index (κ3) is 8.73. The number of benzene rings is 3. The van der Waals surface area contributed by atoms with Gasteiger partial charge in [0.25, 0.3) is 0 Å². The maximum Gasteiger partial charge on any atom is 0.200 e. The van der Waals surface area contributed by atoms with Crippen molar-refractivity contribution in [3.63, 3.8) is 0 Å². The minimum Gasteiger partial charge on any atom is -0.493 e. The normalized spacial score (nSPS) is 16.2. The molecule has 7 rings (SSSR count). The van der Waals surface area contributed by atoms with Crippen molar-refractivity contribution in [3.8, 4) is 44.9 Å². The number of anilines is 1. The first kappa shape index (κ1) is 37.0. The lowest BCUT2D eigenvalue weighted by molar-refractivity contribution is -0.101. The number of nitrogens with zero attached hydrogens (tertiary/aromatic N) is 2. The average molecular weight is 730 g/mol. The molecule has 0 bridgehead atoms. The number of carbonyl (C=O) groups excluding carboxylic acids is 1. The van der Waals surface area contributed by atoms with Gasteiger partial charge in [-0.05, 0) is 71.2 Å². The van der Waals surface area contributed by atoms with E-state index < -0.39 is 0 Å². The van der Waals surface area contributed by atoms with Gasteiger partial charge in [0.1, 0.15) is 18.5 Å². The Labute approximate surface area is 315 Å². The molecule has 54 heavy (non-hydrogen) atoms. The van der Waals surface area contributed by atoms with Crippen LogP contribution in [0.25, 0.3) is 33.4 Å². The van der Waals surface area contributed by atoms with Crippen molar-refractivity contribution in [1.82, 2.24) is 9.55 Å². The zero-order chi connectivity index (χ0) is 37.4. The van der Waals surface area contributed by atoms with Crippen LogP contribution in [0, 0.1) is 5.92 Å². The summed E-state index contributed by atoms with van der Waals surface area (Å²) in [5, 5.41) is 0. The van der Waals surface area contributed by atoms with Gasteiger partial charge in [0.05, 0.1) is 32.5 Å². The molecule has 2 aromatic heterocycles. The molecule has 0 amide bonds. The fourth-order valence-electron chi connectivity index (χ4n) is 7.02. The smallest absolute Gasteiger partial charge is 0.200 e. The number of aryl methyl sites for hydroxylation is 1. The number of pyridine rings is 2. The Morgan fingerprint density at radius 2 is 1.56 bits per heavy atom. The summed E-state index contributed by atoms with van der Waals surface area (Å²) in [5.74, 6) is 1.79. The van der Waals surface area contributed by atoms with Crippen LogP contribution in [-0.2, 0) is 33.6 Å². The molecule has 1 atom stereocenters. The van der Waals surface area contributed by atoms with Crippen LogP contribution in [0.4, 0.5) is 5.82 Å². The SMILES string of the molecule is CCc1ccc(-c2cn(CC3CCOCC3)cc(C(=O)Cc3ccc(-c4cc(-c5ccc(OC[C@H]6COCCO6)c(OC)c5)cnc4N)cc3)c2=O)cc1. The highest BCUT2D eigenvalue weighted by molar-refractivity contribution is 5.98. The summed E-state index contributed by atoms with van der Waals surface area (Å²) >= 11 is 0. The molecule has 280 valence electrons. The van der Waals surface area contributed by atoms with Crippen LogP contribution in [0.15, 0.2) is 96.2 Å². The van der Waals surface area contributed by atoms with E-state index in [1.165, 1.54) is 5.56 Å². The van der Waals surface area contributed by atoms with E-state index >= 15 is 0 Å². The molecule has 2 aliphatic heterocycles. The summed E-state index contributed by atoms with van der Waals surface area (Å²) in [7, 11) is 1.61. The number of hydrogen-bond donors (Lipinski definition) is 1. The van der Waals surface area contributed by atoms with Gasteiger partial charge in [0.2, 0.25) is 0 Å². The maximum atomic E-state index is 13.9. The van der Waals surface area contributed by atoms with E-state index in [9.17, 15) is 9.59 Å². The van der Waals surface area contributed by atoms with Crippen LogP contribution in [0.3, 0.4) is 0 Å². The molecule has 0 spiro atoms. The third-order valence-electron chi connectivity index (χ3n) is 10.2. The summed E-state index contributed by atoms with van der Waals surface area (Å²) in [6, 6.07) is 23.4. The third-order valence-corrected chi connectivity index (χ3v) is 10.2. The van der Waals surface area contributed by atoms with Gasteiger partial charge in [0.15, 0.2) is 22.7 Å². The molecule has 2 aliphatic rings. The van der Waals surface area contributed by atoms with Crippen LogP contribution in [0.1, 0.15) is 41.3 Å². The standard InChI is InChI=1S/C44H47N3O7/c1-3-29-4-8-33(9-5-29)38-25-47(24-31-14-16-51-17-15-31)26-39(43(38)49)40(48)20-30-6-10-32(11-7-30)37-21-35(23-46-44(37)45)34-12-13-41(42(22-34)50-2)54-28-36-27-52-18-19-53-36/h4-13,21-23,25-26,31,36H,3,14-20,24,27-28H2,1-2H3,(H2,45,46)/t36-/m1/s1. The van der Waals surface area contributed by atoms with E-state index in [1.54, 1.807) is 19.5 Å². The van der Waals surface area contributed by atoms with Crippen molar-refractivity contribution in [2.24, 2.45) is 5.92 Å². The minimum atomic E-state index is -0.246. The monoisotopic (exact) mass is 729 g/mol. The Kier molecular flexibility index (Phi) is 11.8. The van der Waals surface area contributed by atoms with Crippen molar-refractivity contribution >= 4 is 11.6 Å². The van der Waals surface area contributed by atoms with Gasteiger partial charge < -0.3 is 34.0 Å². The first-order valence-electron chi connectivity index (χ1n) is 18.7. The Balaban J connectivity index is 1.09. The number of Topliss-reactive ketones (excluding diaryl/α,β-unsaturated/α-hetero) is 1. The van der Waals surface area contributed by atoms with Gasteiger partial charge in [-0.2, -0.15) is 0 Å². The van der Waals surface area contributed by atoms with Gasteiger partial charge in [0, 0.05) is 61.5 Å². The number of hydrogen-bond acceptors (Lipinski definition) is 9. The second-order valence-corrected chi connectivity index (χ2v) is 13.9. The van der Waals surface area contributed by atoms with E-state index in [-0.39, 0.29) is 29.3 Å². The van der Waals surface area contributed by atoms with Crippen LogP contribution >= 0.6 is 0 Å². The Bertz CT molecular complexity index is 2120. The lowest BCUT2D eigenvalue weighted by Gasteiger charge is -2.23. The number of ketones is 1. The van der Waals surface area contributed by atoms with Gasteiger partial charge in [-0.25, -0.2) is 4.98 Å². The number of methoxy groups -OCH3 is 1. The zero-order valence-corrected chi connectivity index (χ0v) is 30.9. The number of aromatic nitrogens is 2. The number of carbonyl (C=O) groups is 1. The Hall–Kier alpha value is -5.29. The first-order chi connectivity index (χ1) is 26.4. The highest BCUT2D eigenvalue weighted by Gasteiger charge is 2.21. The van der Waals surface area contributed by atoms with E-state index in [0.717, 1.165) is 72.4 Å². The van der Waals surface area contributed by atoms with Crippen molar-refractivity contribution in [2.75, 3.05) is 52.5 Å². The van der Waals surface area contributed by atoms with Gasteiger partial charge in [-0.3, -0.25) is 9.59 Å². The quantitative estimate of drug-likeness (QED) is 0.127. The molecule has 0 radical (unpaired) electrons. The average Bonchev–Trinajstić information content (AvgIpc) is 3.22. The van der Waals surface area contributed by atoms with Crippen LogP contribution in [0.5, 0.6) is 11.5 Å². The molecule has 0 saturated carbocycles. The molecule has 2 fully saturated rings. The molecule has 10 heteroatoms. The Morgan fingerprint density at radius 3 is 2.26 bits per heavy atom. The molecule has 0 aliphatic carbocycles. The fraction of sp³-hybridized carbons (Fsp3) is 0.341. The van der Waals surface area contributed by atoms with Crippen molar-refractivity contribution < 1.29 is 28.5 Å². The molecule has 3 aromatic carbocycles. The van der Waals surface area contributed by atoms with Crippen LogP contribution in [-0.4, -0.2) is 68.2 Å². The van der Waals surface area contributed by atoms with Crippen molar-refractivity contribution in [3.05, 3.63) is 118 Å². The second kappa shape index (κ2) is 17.2. The van der Waals surface area contributed by atoms with Crippen LogP contribution < -0.4 is 20.6 Å². The highest BCUT2D eigenvalue weighted by Crippen LogP contribution is 2.35. The summed E-state index contributed by atoms with van der Waals surface area (Å²) in [5.41, 5.74) is 13.0. The number of nitrogens with two attached hydrogens (primary N) is 1. The molecular formula is C44H47N3O7. The number of rotatable bonds is 13. The first-order valence-corrected chi connectivity index (χ1v) is 18.7. The fourth-order valence-corrected chi connectivity index (χ4v) is 7.02. The van der Waals surface area contributed by atoms with Gasteiger partial charge in [-0.15, -0.1) is 0 Å². The summed E-state index contributed by atoms with van der Waals surface area (Å²) < 4.78 is 30.4. The summed E-state index contributed by atoms with van der Waals surface area (Å²) in [6.07, 6.45) is 8.15.